The number of rotatable bonds is 7. The van der Waals surface area contributed by atoms with Gasteiger partial charge in [0.2, 0.25) is 5.95 Å². The minimum Gasteiger partial charge on any atom is -0.383 e. The maximum atomic E-state index is 5.13. The summed E-state index contributed by atoms with van der Waals surface area (Å²) in [6, 6.07) is 1.98. The second-order valence-corrected chi connectivity index (χ2v) is 5.79. The van der Waals surface area contributed by atoms with Crippen molar-refractivity contribution in [3.05, 3.63) is 18.0 Å². The molecule has 5 heteroatoms. The van der Waals surface area contributed by atoms with E-state index in [2.05, 4.69) is 34.0 Å². The van der Waals surface area contributed by atoms with Crippen molar-refractivity contribution in [1.82, 2.24) is 14.9 Å². The van der Waals surface area contributed by atoms with E-state index in [0.29, 0.717) is 11.8 Å². The molecule has 1 aromatic heterocycles. The molecular weight excluding hydrogens is 252 g/mol. The SMILES string of the molecule is COCCN1CC[C@@H](CNc2nccc(C(C)C)n2)C1. The molecule has 0 amide bonds. The van der Waals surface area contributed by atoms with Gasteiger partial charge in [-0.1, -0.05) is 13.8 Å². The van der Waals surface area contributed by atoms with Crippen molar-refractivity contribution in [2.75, 3.05) is 45.2 Å². The second-order valence-electron chi connectivity index (χ2n) is 5.79. The van der Waals surface area contributed by atoms with Crippen LogP contribution in [0, 0.1) is 5.92 Å². The zero-order chi connectivity index (χ0) is 14.4. The monoisotopic (exact) mass is 278 g/mol. The fraction of sp³-hybridized carbons (Fsp3) is 0.733. The summed E-state index contributed by atoms with van der Waals surface area (Å²) in [6.07, 6.45) is 3.07. The van der Waals surface area contributed by atoms with E-state index in [0.717, 1.165) is 37.9 Å². The van der Waals surface area contributed by atoms with Gasteiger partial charge in [0, 0.05) is 38.6 Å². The highest BCUT2D eigenvalue weighted by Crippen LogP contribution is 2.17. The number of anilines is 1. The van der Waals surface area contributed by atoms with Crippen LogP contribution in [0.4, 0.5) is 5.95 Å². The Hall–Kier alpha value is -1.20. The van der Waals surface area contributed by atoms with Gasteiger partial charge in [0.15, 0.2) is 0 Å². The summed E-state index contributed by atoms with van der Waals surface area (Å²) in [5.74, 6) is 1.87. The Morgan fingerprint density at radius 1 is 1.50 bits per heavy atom. The predicted molar refractivity (Wildman–Crippen MR) is 81.0 cm³/mol. The lowest BCUT2D eigenvalue weighted by molar-refractivity contribution is 0.159. The summed E-state index contributed by atoms with van der Waals surface area (Å²) in [6.45, 7) is 9.41. The van der Waals surface area contributed by atoms with Crippen LogP contribution >= 0.6 is 0 Å². The van der Waals surface area contributed by atoms with Crippen LogP contribution in [0.15, 0.2) is 12.3 Å². The summed E-state index contributed by atoms with van der Waals surface area (Å²) >= 11 is 0. The minimum absolute atomic E-state index is 0.439. The Bertz CT molecular complexity index is 411. The van der Waals surface area contributed by atoms with E-state index in [1.54, 1.807) is 7.11 Å². The Morgan fingerprint density at radius 3 is 3.10 bits per heavy atom. The van der Waals surface area contributed by atoms with Crippen LogP contribution < -0.4 is 5.32 Å². The molecule has 0 unspecified atom stereocenters. The second kappa shape index (κ2) is 7.55. The molecule has 0 bridgehead atoms. The Balaban J connectivity index is 1.77. The summed E-state index contributed by atoms with van der Waals surface area (Å²) < 4.78 is 5.13. The molecule has 1 N–H and O–H groups in total. The maximum absolute atomic E-state index is 5.13. The van der Waals surface area contributed by atoms with E-state index in [1.807, 2.05) is 12.3 Å². The smallest absolute Gasteiger partial charge is 0.222 e. The van der Waals surface area contributed by atoms with Crippen LogP contribution in [0.1, 0.15) is 31.9 Å². The third kappa shape index (κ3) is 4.42. The normalized spacial score (nSPS) is 19.7. The van der Waals surface area contributed by atoms with Gasteiger partial charge in [-0.25, -0.2) is 9.97 Å². The first-order valence-corrected chi connectivity index (χ1v) is 7.47. The fourth-order valence-electron chi connectivity index (χ4n) is 2.52. The molecule has 1 aliphatic rings. The number of methoxy groups -OCH3 is 1. The third-order valence-corrected chi connectivity index (χ3v) is 3.80. The first-order chi connectivity index (χ1) is 9.69. The molecule has 2 heterocycles. The van der Waals surface area contributed by atoms with E-state index in [1.165, 1.54) is 13.0 Å². The van der Waals surface area contributed by atoms with E-state index in [9.17, 15) is 0 Å². The summed E-state index contributed by atoms with van der Waals surface area (Å²) in [4.78, 5) is 11.3. The van der Waals surface area contributed by atoms with Gasteiger partial charge >= 0.3 is 0 Å². The molecule has 112 valence electrons. The van der Waals surface area contributed by atoms with Crippen LogP contribution in [-0.4, -0.2) is 54.8 Å². The van der Waals surface area contributed by atoms with Crippen molar-refractivity contribution in [2.24, 2.45) is 5.92 Å². The number of nitrogens with one attached hydrogen (secondary N) is 1. The van der Waals surface area contributed by atoms with Crippen molar-refractivity contribution < 1.29 is 4.74 Å². The van der Waals surface area contributed by atoms with Crippen molar-refractivity contribution in [3.8, 4) is 0 Å². The molecule has 0 spiro atoms. The van der Waals surface area contributed by atoms with Crippen molar-refractivity contribution in [2.45, 2.75) is 26.2 Å². The molecule has 20 heavy (non-hydrogen) atoms. The molecule has 0 aromatic carbocycles. The fourth-order valence-corrected chi connectivity index (χ4v) is 2.52. The molecule has 1 aliphatic heterocycles. The highest BCUT2D eigenvalue weighted by Gasteiger charge is 2.21. The number of hydrogen-bond acceptors (Lipinski definition) is 5. The minimum atomic E-state index is 0.439. The number of ether oxygens (including phenoxy) is 1. The molecular formula is C15H26N4O. The quantitative estimate of drug-likeness (QED) is 0.826. The van der Waals surface area contributed by atoms with Gasteiger partial charge in [0.05, 0.1) is 6.61 Å². The molecule has 5 nitrogen and oxygen atoms in total. The van der Waals surface area contributed by atoms with Gasteiger partial charge in [-0.3, -0.25) is 0 Å². The van der Waals surface area contributed by atoms with Gasteiger partial charge in [0.1, 0.15) is 0 Å². The Labute approximate surface area is 121 Å². The zero-order valence-corrected chi connectivity index (χ0v) is 12.8. The maximum Gasteiger partial charge on any atom is 0.222 e. The van der Waals surface area contributed by atoms with Crippen LogP contribution in [-0.2, 0) is 4.74 Å². The first-order valence-electron chi connectivity index (χ1n) is 7.47. The standard InChI is InChI=1S/C15H26N4O/c1-12(2)14-4-6-16-15(18-14)17-10-13-5-7-19(11-13)8-9-20-3/h4,6,12-13H,5,7-11H2,1-3H3,(H,16,17,18)/t13-/m0/s1. The lowest BCUT2D eigenvalue weighted by Gasteiger charge is -2.15. The Kier molecular flexibility index (Phi) is 5.73. The van der Waals surface area contributed by atoms with Crippen molar-refractivity contribution in [3.63, 3.8) is 0 Å². The largest absolute Gasteiger partial charge is 0.383 e. The predicted octanol–water partition coefficient (Wildman–Crippen LogP) is 1.98. The van der Waals surface area contributed by atoms with Crippen molar-refractivity contribution in [1.29, 1.82) is 0 Å². The Morgan fingerprint density at radius 2 is 2.35 bits per heavy atom. The highest BCUT2D eigenvalue weighted by atomic mass is 16.5. The van der Waals surface area contributed by atoms with E-state index < -0.39 is 0 Å². The van der Waals surface area contributed by atoms with Crippen molar-refractivity contribution >= 4 is 5.95 Å². The van der Waals surface area contributed by atoms with Gasteiger partial charge in [-0.2, -0.15) is 0 Å². The average molecular weight is 278 g/mol. The summed E-state index contributed by atoms with van der Waals surface area (Å²) in [5.41, 5.74) is 1.09. The zero-order valence-electron chi connectivity index (χ0n) is 12.8. The molecule has 1 saturated heterocycles. The van der Waals surface area contributed by atoms with Gasteiger partial charge < -0.3 is 15.0 Å². The van der Waals surface area contributed by atoms with Crippen LogP contribution in [0.25, 0.3) is 0 Å². The number of likely N-dealkylation sites (tertiary alicyclic amines) is 1. The van der Waals surface area contributed by atoms with Gasteiger partial charge in [0.25, 0.3) is 0 Å². The molecule has 1 fully saturated rings. The number of aromatic nitrogens is 2. The molecule has 2 rings (SSSR count). The number of hydrogen-bond donors (Lipinski definition) is 1. The van der Waals surface area contributed by atoms with Crippen LogP contribution in [0.2, 0.25) is 0 Å². The lowest BCUT2D eigenvalue weighted by Crippen LogP contribution is -2.26. The lowest BCUT2D eigenvalue weighted by atomic mass is 10.1. The van der Waals surface area contributed by atoms with Gasteiger partial charge in [-0.15, -0.1) is 0 Å². The number of nitrogens with zero attached hydrogens (tertiary/aromatic N) is 3. The first kappa shape index (κ1) is 15.2. The van der Waals surface area contributed by atoms with Gasteiger partial charge in [-0.05, 0) is 30.9 Å². The molecule has 0 saturated carbocycles. The average Bonchev–Trinajstić information content (AvgIpc) is 2.91. The van der Waals surface area contributed by atoms with E-state index >= 15 is 0 Å². The van der Waals surface area contributed by atoms with E-state index in [4.69, 9.17) is 4.74 Å². The van der Waals surface area contributed by atoms with E-state index in [-0.39, 0.29) is 0 Å². The molecule has 1 aromatic rings. The van der Waals surface area contributed by atoms with Crippen LogP contribution in [0.3, 0.4) is 0 Å². The topological polar surface area (TPSA) is 50.3 Å². The highest BCUT2D eigenvalue weighted by molar-refractivity contribution is 5.26. The molecule has 0 radical (unpaired) electrons. The summed E-state index contributed by atoms with van der Waals surface area (Å²) in [7, 11) is 1.76. The molecule has 0 aliphatic carbocycles. The third-order valence-electron chi connectivity index (χ3n) is 3.80. The summed E-state index contributed by atoms with van der Waals surface area (Å²) in [5, 5.41) is 3.38. The molecule has 1 atom stereocenters. The van der Waals surface area contributed by atoms with Crippen LogP contribution in [0.5, 0.6) is 0 Å².